The minimum Gasteiger partial charge on any atom is -0.362 e. The van der Waals surface area contributed by atoms with E-state index >= 15 is 0 Å². The van der Waals surface area contributed by atoms with Crippen LogP contribution in [-0.4, -0.2) is 12.3 Å². The Kier molecular flexibility index (Phi) is 4.62. The molecular formula is C17H14Cl3NO. The molecule has 0 saturated carbocycles. The summed E-state index contributed by atoms with van der Waals surface area (Å²) in [6.45, 7) is 0.646. The molecule has 1 saturated heterocycles. The van der Waals surface area contributed by atoms with E-state index in [1.54, 1.807) is 6.07 Å². The smallest absolute Gasteiger partial charge is 0.137 e. The minimum absolute atomic E-state index is 0.0304. The van der Waals surface area contributed by atoms with Crippen LogP contribution in [0.3, 0.4) is 0 Å². The number of piperidine rings is 1. The first kappa shape index (κ1) is 15.7. The molecule has 5 heteroatoms. The Balaban J connectivity index is 1.99. The lowest BCUT2D eigenvalue weighted by atomic mass is 9.93. The molecule has 1 unspecified atom stereocenters. The third-order valence-corrected chi connectivity index (χ3v) is 4.69. The molecular weight excluding hydrogens is 341 g/mol. The monoisotopic (exact) mass is 353 g/mol. The van der Waals surface area contributed by atoms with Crippen molar-refractivity contribution in [3.63, 3.8) is 0 Å². The second-order valence-corrected chi connectivity index (χ2v) is 6.63. The van der Waals surface area contributed by atoms with E-state index in [-0.39, 0.29) is 11.8 Å². The normalized spacial score (nSPS) is 18.6. The van der Waals surface area contributed by atoms with Gasteiger partial charge in [-0.05, 0) is 35.9 Å². The Bertz CT molecular complexity index is 700. The summed E-state index contributed by atoms with van der Waals surface area (Å²) >= 11 is 18.3. The predicted molar refractivity (Wildman–Crippen MR) is 92.2 cm³/mol. The van der Waals surface area contributed by atoms with Gasteiger partial charge >= 0.3 is 0 Å². The molecule has 0 aliphatic carbocycles. The molecule has 1 fully saturated rings. The Morgan fingerprint density at radius 1 is 0.955 bits per heavy atom. The SMILES string of the molecule is O=C1CCN(c2ccc(Cl)cc2Cl)C(c2ccc(Cl)cc2)C1. The standard InChI is InChI=1S/C17H14Cl3NO/c18-12-3-1-11(2-4-12)17-10-14(22)7-8-21(17)16-6-5-13(19)9-15(16)20/h1-6,9,17H,7-8,10H2. The number of nitrogens with zero attached hydrogens (tertiary/aromatic N) is 1. The fourth-order valence-electron chi connectivity index (χ4n) is 2.81. The van der Waals surface area contributed by atoms with Crippen LogP contribution >= 0.6 is 34.8 Å². The third-order valence-electron chi connectivity index (χ3n) is 3.90. The minimum atomic E-state index is -0.0304. The molecule has 2 aromatic rings. The molecule has 22 heavy (non-hydrogen) atoms. The van der Waals surface area contributed by atoms with Crippen LogP contribution in [0.25, 0.3) is 0 Å². The maximum absolute atomic E-state index is 11.9. The zero-order chi connectivity index (χ0) is 15.7. The maximum atomic E-state index is 11.9. The second-order valence-electron chi connectivity index (χ2n) is 5.35. The van der Waals surface area contributed by atoms with Crippen molar-refractivity contribution < 1.29 is 4.79 Å². The van der Waals surface area contributed by atoms with Crippen molar-refractivity contribution in [2.75, 3.05) is 11.4 Å². The summed E-state index contributed by atoms with van der Waals surface area (Å²) in [7, 11) is 0. The first-order valence-corrected chi connectivity index (χ1v) is 8.17. The molecule has 0 aromatic heterocycles. The number of hydrogen-bond donors (Lipinski definition) is 0. The Labute approximate surface area is 144 Å². The second kappa shape index (κ2) is 6.49. The lowest BCUT2D eigenvalue weighted by Crippen LogP contribution is -2.37. The molecule has 1 aliphatic rings. The predicted octanol–water partition coefficient (Wildman–Crippen LogP) is 5.56. The number of hydrogen-bond acceptors (Lipinski definition) is 2. The molecule has 2 nitrogen and oxygen atoms in total. The van der Waals surface area contributed by atoms with Crippen LogP contribution in [0.5, 0.6) is 0 Å². The van der Waals surface area contributed by atoms with E-state index in [1.807, 2.05) is 36.4 Å². The average molecular weight is 355 g/mol. The van der Waals surface area contributed by atoms with Crippen molar-refractivity contribution in [3.05, 3.63) is 63.1 Å². The molecule has 1 heterocycles. The number of ketones is 1. The summed E-state index contributed by atoms with van der Waals surface area (Å²) in [6.07, 6.45) is 1.00. The van der Waals surface area contributed by atoms with Crippen LogP contribution in [0.4, 0.5) is 5.69 Å². The van der Waals surface area contributed by atoms with Crippen molar-refractivity contribution in [2.24, 2.45) is 0 Å². The van der Waals surface area contributed by atoms with Gasteiger partial charge in [-0.15, -0.1) is 0 Å². The van der Waals surface area contributed by atoms with E-state index < -0.39 is 0 Å². The number of carbonyl (C=O) groups excluding carboxylic acids is 1. The largest absolute Gasteiger partial charge is 0.362 e. The van der Waals surface area contributed by atoms with Crippen LogP contribution in [-0.2, 0) is 4.79 Å². The molecule has 114 valence electrons. The quantitative estimate of drug-likeness (QED) is 0.704. The molecule has 0 radical (unpaired) electrons. The molecule has 3 rings (SSSR count). The van der Waals surface area contributed by atoms with Crippen LogP contribution in [0.2, 0.25) is 15.1 Å². The highest BCUT2D eigenvalue weighted by atomic mass is 35.5. The zero-order valence-corrected chi connectivity index (χ0v) is 14.0. The number of rotatable bonds is 2. The first-order chi connectivity index (χ1) is 10.5. The summed E-state index contributed by atoms with van der Waals surface area (Å²) in [4.78, 5) is 14.1. The van der Waals surface area contributed by atoms with Crippen LogP contribution in [0.1, 0.15) is 24.4 Å². The van der Waals surface area contributed by atoms with Gasteiger partial charge in [0.05, 0.1) is 16.8 Å². The van der Waals surface area contributed by atoms with Crippen molar-refractivity contribution in [1.29, 1.82) is 0 Å². The Morgan fingerprint density at radius 3 is 2.32 bits per heavy atom. The molecule has 1 atom stereocenters. The van der Waals surface area contributed by atoms with Gasteiger partial charge in [-0.2, -0.15) is 0 Å². The fourth-order valence-corrected chi connectivity index (χ4v) is 3.46. The fraction of sp³-hybridized carbons (Fsp3) is 0.235. The van der Waals surface area contributed by atoms with Gasteiger partial charge in [-0.25, -0.2) is 0 Å². The lowest BCUT2D eigenvalue weighted by molar-refractivity contribution is -0.120. The topological polar surface area (TPSA) is 20.3 Å². The van der Waals surface area contributed by atoms with E-state index in [0.29, 0.717) is 34.5 Å². The van der Waals surface area contributed by atoms with Crippen LogP contribution < -0.4 is 4.90 Å². The summed E-state index contributed by atoms with van der Waals surface area (Å²) in [5.41, 5.74) is 1.96. The van der Waals surface area contributed by atoms with E-state index in [1.165, 1.54) is 0 Å². The lowest BCUT2D eigenvalue weighted by Gasteiger charge is -2.37. The van der Waals surface area contributed by atoms with Crippen molar-refractivity contribution in [3.8, 4) is 0 Å². The maximum Gasteiger partial charge on any atom is 0.137 e. The molecule has 0 amide bonds. The highest BCUT2D eigenvalue weighted by Crippen LogP contribution is 2.38. The summed E-state index contributed by atoms with van der Waals surface area (Å²) in [5.74, 6) is 0.265. The zero-order valence-electron chi connectivity index (χ0n) is 11.7. The van der Waals surface area contributed by atoms with Crippen LogP contribution in [0.15, 0.2) is 42.5 Å². The third kappa shape index (κ3) is 3.24. The number of anilines is 1. The van der Waals surface area contributed by atoms with Crippen molar-refractivity contribution >= 4 is 46.3 Å². The Hall–Kier alpha value is -1.22. The molecule has 0 N–H and O–H groups in total. The highest BCUT2D eigenvalue weighted by molar-refractivity contribution is 6.36. The molecule has 0 spiro atoms. The summed E-state index contributed by atoms with van der Waals surface area (Å²) < 4.78 is 0. The van der Waals surface area contributed by atoms with Gasteiger partial charge in [-0.3, -0.25) is 4.79 Å². The van der Waals surface area contributed by atoms with E-state index in [4.69, 9.17) is 34.8 Å². The first-order valence-electron chi connectivity index (χ1n) is 7.03. The summed E-state index contributed by atoms with van der Waals surface area (Å²) in [5, 5.41) is 1.88. The van der Waals surface area contributed by atoms with Gasteiger partial charge in [0.25, 0.3) is 0 Å². The average Bonchev–Trinajstić information content (AvgIpc) is 2.49. The number of carbonyl (C=O) groups is 1. The van der Waals surface area contributed by atoms with E-state index in [2.05, 4.69) is 4.90 Å². The molecule has 1 aliphatic heterocycles. The number of benzene rings is 2. The van der Waals surface area contributed by atoms with Gasteiger partial charge in [-0.1, -0.05) is 46.9 Å². The number of Topliss-reactive ketones (excluding diaryl/α,β-unsaturated/α-hetero) is 1. The summed E-state index contributed by atoms with van der Waals surface area (Å²) in [6, 6.07) is 13.0. The molecule has 2 aromatic carbocycles. The Morgan fingerprint density at radius 2 is 1.64 bits per heavy atom. The highest BCUT2D eigenvalue weighted by Gasteiger charge is 2.29. The van der Waals surface area contributed by atoms with Crippen molar-refractivity contribution in [2.45, 2.75) is 18.9 Å². The van der Waals surface area contributed by atoms with E-state index in [9.17, 15) is 4.79 Å². The van der Waals surface area contributed by atoms with Crippen molar-refractivity contribution in [1.82, 2.24) is 0 Å². The van der Waals surface area contributed by atoms with Crippen LogP contribution in [0, 0.1) is 0 Å². The van der Waals surface area contributed by atoms with Gasteiger partial charge in [0.15, 0.2) is 0 Å². The van der Waals surface area contributed by atoms with E-state index in [0.717, 1.165) is 11.3 Å². The van der Waals surface area contributed by atoms with Gasteiger partial charge in [0.1, 0.15) is 5.78 Å². The number of halogens is 3. The van der Waals surface area contributed by atoms with Gasteiger partial charge < -0.3 is 4.90 Å². The van der Waals surface area contributed by atoms with Gasteiger partial charge in [0.2, 0.25) is 0 Å². The molecule has 0 bridgehead atoms. The van der Waals surface area contributed by atoms with Gasteiger partial charge in [0, 0.05) is 29.4 Å².